The van der Waals surface area contributed by atoms with Gasteiger partial charge >= 0.3 is 0 Å². The highest BCUT2D eigenvalue weighted by atomic mass is 79.9. The summed E-state index contributed by atoms with van der Waals surface area (Å²) in [6.45, 7) is 2.03. The van der Waals surface area contributed by atoms with Crippen molar-refractivity contribution in [2.45, 2.75) is 64.3 Å². The van der Waals surface area contributed by atoms with Crippen molar-refractivity contribution < 1.29 is 4.79 Å². The van der Waals surface area contributed by atoms with Gasteiger partial charge in [0.2, 0.25) is 5.91 Å². The summed E-state index contributed by atoms with van der Waals surface area (Å²) in [5.41, 5.74) is 1.16. The van der Waals surface area contributed by atoms with Crippen molar-refractivity contribution in [3.63, 3.8) is 0 Å². The van der Waals surface area contributed by atoms with E-state index in [0.29, 0.717) is 6.42 Å². The van der Waals surface area contributed by atoms with Gasteiger partial charge < -0.3 is 5.32 Å². The van der Waals surface area contributed by atoms with Gasteiger partial charge in [0.15, 0.2) is 0 Å². The molecule has 1 atom stereocenters. The molecule has 120 valence electrons. The smallest absolute Gasteiger partial charge is 0.220 e. The predicted molar refractivity (Wildman–Crippen MR) is 96.6 cm³/mol. The largest absolute Gasteiger partial charge is 0.350 e. The van der Waals surface area contributed by atoms with E-state index in [1.54, 1.807) is 0 Å². The average Bonchev–Trinajstić information content (AvgIpc) is 2.54. The van der Waals surface area contributed by atoms with Gasteiger partial charge in [0.1, 0.15) is 0 Å². The standard InChI is InChI=1S/C19H26BrNO/c1-17(18-13-9-8-10-14-18)21-19(22)15-11-6-4-2-3-5-7-12-16-20/h8-10,13-14,17H,2-7,11,15H2,1H3,(H,21,22). The van der Waals surface area contributed by atoms with Crippen LogP contribution in [0.15, 0.2) is 30.3 Å². The minimum absolute atomic E-state index is 0.0873. The molecule has 1 N–H and O–H groups in total. The van der Waals surface area contributed by atoms with E-state index in [0.717, 1.165) is 24.8 Å². The normalized spacial score (nSPS) is 11.4. The molecule has 1 unspecified atom stereocenters. The van der Waals surface area contributed by atoms with Crippen LogP contribution in [0.1, 0.15) is 69.9 Å². The molecule has 0 aromatic heterocycles. The molecular weight excluding hydrogens is 338 g/mol. The maximum Gasteiger partial charge on any atom is 0.220 e. The molecule has 0 saturated heterocycles. The highest BCUT2D eigenvalue weighted by molar-refractivity contribution is 9.12. The number of rotatable bonds is 10. The van der Waals surface area contributed by atoms with Crippen molar-refractivity contribution in [3.8, 4) is 10.8 Å². The maximum atomic E-state index is 11.9. The van der Waals surface area contributed by atoms with Gasteiger partial charge in [0, 0.05) is 28.8 Å². The summed E-state index contributed by atoms with van der Waals surface area (Å²) in [7, 11) is 0. The molecule has 0 fully saturated rings. The summed E-state index contributed by atoms with van der Waals surface area (Å²) in [5.74, 6) is 3.17. The zero-order valence-electron chi connectivity index (χ0n) is 13.4. The lowest BCUT2D eigenvalue weighted by atomic mass is 10.1. The Bertz CT molecular complexity index is 475. The molecule has 1 aromatic carbocycles. The summed E-state index contributed by atoms with van der Waals surface area (Å²) in [5, 5.41) is 3.06. The van der Waals surface area contributed by atoms with Crippen LogP contribution in [-0.2, 0) is 4.79 Å². The molecule has 0 aliphatic carbocycles. The van der Waals surface area contributed by atoms with E-state index < -0.39 is 0 Å². The van der Waals surface area contributed by atoms with Gasteiger partial charge in [-0.15, -0.1) is 0 Å². The molecule has 22 heavy (non-hydrogen) atoms. The molecular formula is C19H26BrNO. The van der Waals surface area contributed by atoms with Crippen LogP contribution >= 0.6 is 15.9 Å². The first-order valence-electron chi connectivity index (χ1n) is 8.17. The van der Waals surface area contributed by atoms with E-state index in [2.05, 4.69) is 32.0 Å². The fraction of sp³-hybridized carbons (Fsp3) is 0.526. The molecule has 0 saturated carbocycles. The molecule has 0 radical (unpaired) electrons. The highest BCUT2D eigenvalue weighted by Crippen LogP contribution is 2.12. The molecule has 0 spiro atoms. The van der Waals surface area contributed by atoms with Gasteiger partial charge in [-0.3, -0.25) is 4.79 Å². The molecule has 1 rings (SSSR count). The summed E-state index contributed by atoms with van der Waals surface area (Å²) in [6, 6.07) is 10.2. The van der Waals surface area contributed by atoms with E-state index in [-0.39, 0.29) is 11.9 Å². The molecule has 0 aliphatic rings. The Labute approximate surface area is 143 Å². The van der Waals surface area contributed by atoms with Crippen LogP contribution in [0.2, 0.25) is 0 Å². The number of hydrogen-bond acceptors (Lipinski definition) is 1. The number of amides is 1. The van der Waals surface area contributed by atoms with Crippen LogP contribution < -0.4 is 5.32 Å². The second-order valence-corrected chi connectivity index (χ2v) is 5.99. The van der Waals surface area contributed by atoms with Crippen LogP contribution in [0.3, 0.4) is 0 Å². The Morgan fingerprint density at radius 2 is 1.73 bits per heavy atom. The third-order valence-corrected chi connectivity index (χ3v) is 3.98. The monoisotopic (exact) mass is 363 g/mol. The van der Waals surface area contributed by atoms with Gasteiger partial charge in [-0.25, -0.2) is 0 Å². The number of benzene rings is 1. The quantitative estimate of drug-likeness (QED) is 0.441. The zero-order valence-corrected chi connectivity index (χ0v) is 15.0. The molecule has 1 aromatic rings. The van der Waals surface area contributed by atoms with Gasteiger partial charge in [0.25, 0.3) is 0 Å². The summed E-state index contributed by atoms with van der Waals surface area (Å²) >= 11 is 3.10. The van der Waals surface area contributed by atoms with E-state index >= 15 is 0 Å². The van der Waals surface area contributed by atoms with Crippen molar-refractivity contribution >= 4 is 21.8 Å². The third kappa shape index (κ3) is 8.89. The molecule has 3 heteroatoms. The Hall–Kier alpha value is -1.27. The summed E-state index contributed by atoms with van der Waals surface area (Å²) in [4.78, 5) is 14.6. The highest BCUT2D eigenvalue weighted by Gasteiger charge is 2.08. The predicted octanol–water partition coefficient (Wildman–Crippen LogP) is 5.34. The van der Waals surface area contributed by atoms with Crippen LogP contribution in [0, 0.1) is 10.8 Å². The number of nitrogens with one attached hydrogen (secondary N) is 1. The number of unbranched alkanes of at least 4 members (excludes halogenated alkanes) is 6. The number of hydrogen-bond donors (Lipinski definition) is 1. The maximum absolute atomic E-state index is 11.9. The minimum Gasteiger partial charge on any atom is -0.350 e. The SMILES string of the molecule is CC(NC(=O)CCCCCCCCC#CBr)c1ccccc1. The van der Waals surface area contributed by atoms with E-state index in [1.165, 1.54) is 25.7 Å². The topological polar surface area (TPSA) is 29.1 Å². The average molecular weight is 364 g/mol. The lowest BCUT2D eigenvalue weighted by molar-refractivity contribution is -0.121. The summed E-state index contributed by atoms with van der Waals surface area (Å²) in [6.07, 6.45) is 8.59. The van der Waals surface area contributed by atoms with E-state index in [9.17, 15) is 4.79 Å². The first-order chi connectivity index (χ1) is 10.7. The fourth-order valence-corrected chi connectivity index (χ4v) is 2.59. The first kappa shape index (κ1) is 18.8. The third-order valence-electron chi connectivity index (χ3n) is 3.70. The molecule has 0 aliphatic heterocycles. The van der Waals surface area contributed by atoms with Crippen molar-refractivity contribution in [2.24, 2.45) is 0 Å². The van der Waals surface area contributed by atoms with Gasteiger partial charge in [0.05, 0.1) is 6.04 Å². The van der Waals surface area contributed by atoms with Crippen LogP contribution in [0.25, 0.3) is 0 Å². The van der Waals surface area contributed by atoms with Gasteiger partial charge in [-0.05, 0) is 30.2 Å². The van der Waals surface area contributed by atoms with Crippen molar-refractivity contribution in [1.82, 2.24) is 5.32 Å². The van der Waals surface area contributed by atoms with E-state index in [4.69, 9.17) is 0 Å². The van der Waals surface area contributed by atoms with Gasteiger partial charge in [-0.1, -0.05) is 61.9 Å². The van der Waals surface area contributed by atoms with Crippen molar-refractivity contribution in [1.29, 1.82) is 0 Å². The number of halogens is 1. The molecule has 0 heterocycles. The number of carbonyl (C=O) groups is 1. The van der Waals surface area contributed by atoms with Gasteiger partial charge in [-0.2, -0.15) is 0 Å². The second-order valence-electron chi connectivity index (χ2n) is 5.59. The zero-order chi connectivity index (χ0) is 16.0. The molecule has 2 nitrogen and oxygen atoms in total. The molecule has 1 amide bonds. The minimum atomic E-state index is 0.0873. The fourth-order valence-electron chi connectivity index (χ4n) is 2.39. The first-order valence-corrected chi connectivity index (χ1v) is 8.96. The van der Waals surface area contributed by atoms with Crippen LogP contribution in [0.5, 0.6) is 0 Å². The van der Waals surface area contributed by atoms with Crippen LogP contribution in [0.4, 0.5) is 0 Å². The molecule has 0 bridgehead atoms. The lowest BCUT2D eigenvalue weighted by Gasteiger charge is -2.14. The summed E-state index contributed by atoms with van der Waals surface area (Å²) < 4.78 is 0. The lowest BCUT2D eigenvalue weighted by Crippen LogP contribution is -2.26. The number of carbonyl (C=O) groups excluding carboxylic acids is 1. The second kappa shape index (κ2) is 12.3. The van der Waals surface area contributed by atoms with Crippen LogP contribution in [-0.4, -0.2) is 5.91 Å². The Morgan fingerprint density at radius 1 is 1.09 bits per heavy atom. The van der Waals surface area contributed by atoms with Crippen molar-refractivity contribution in [3.05, 3.63) is 35.9 Å². The Balaban J connectivity index is 2.02. The Morgan fingerprint density at radius 3 is 2.41 bits per heavy atom. The van der Waals surface area contributed by atoms with E-state index in [1.807, 2.05) is 37.3 Å². The van der Waals surface area contributed by atoms with Crippen molar-refractivity contribution in [2.75, 3.05) is 0 Å². The Kier molecular flexibility index (Phi) is 10.5.